The van der Waals surface area contributed by atoms with Crippen molar-refractivity contribution in [2.24, 2.45) is 0 Å². The number of carbonyl (C=O) groups excluding carboxylic acids is 3. The highest BCUT2D eigenvalue weighted by Crippen LogP contribution is 2.38. The fourth-order valence-corrected chi connectivity index (χ4v) is 3.21. The van der Waals surface area contributed by atoms with E-state index in [0.717, 1.165) is 4.90 Å². The highest BCUT2D eigenvalue weighted by Gasteiger charge is 2.38. The maximum Gasteiger partial charge on any atom is 0.422 e. The second-order valence-electron chi connectivity index (χ2n) is 7.46. The van der Waals surface area contributed by atoms with E-state index in [0.29, 0.717) is 27.4 Å². The van der Waals surface area contributed by atoms with Crippen LogP contribution in [0.4, 0.5) is 10.5 Å². The fraction of sp³-hybridized carbons (Fsp3) is 0.227. The van der Waals surface area contributed by atoms with Gasteiger partial charge in [0.1, 0.15) is 5.60 Å². The summed E-state index contributed by atoms with van der Waals surface area (Å²) >= 11 is 6.12. The topological polar surface area (TPSA) is 72.9 Å². The number of anilines is 1. The van der Waals surface area contributed by atoms with Crippen LogP contribution in [0.2, 0.25) is 5.02 Å². The summed E-state index contributed by atoms with van der Waals surface area (Å²) in [6, 6.07) is 11.6. The van der Waals surface area contributed by atoms with E-state index in [4.69, 9.17) is 21.1 Å². The van der Waals surface area contributed by atoms with Gasteiger partial charge in [0.05, 0.1) is 23.9 Å². The van der Waals surface area contributed by atoms with Gasteiger partial charge in [-0.05, 0) is 56.7 Å². The van der Waals surface area contributed by atoms with Crippen molar-refractivity contribution >= 4 is 46.9 Å². The number of methoxy groups -OCH3 is 1. The van der Waals surface area contributed by atoms with E-state index in [1.807, 2.05) is 0 Å². The molecule has 0 bridgehead atoms. The molecule has 29 heavy (non-hydrogen) atoms. The molecule has 7 heteroatoms. The smallest absolute Gasteiger partial charge is 0.422 e. The van der Waals surface area contributed by atoms with Crippen LogP contribution in [-0.2, 0) is 14.3 Å². The first-order valence-corrected chi connectivity index (χ1v) is 9.26. The van der Waals surface area contributed by atoms with Crippen LogP contribution in [-0.4, -0.2) is 30.7 Å². The molecule has 0 saturated heterocycles. The molecule has 2 amide bonds. The predicted octanol–water partition coefficient (Wildman–Crippen LogP) is 4.95. The van der Waals surface area contributed by atoms with Gasteiger partial charge < -0.3 is 9.47 Å². The van der Waals surface area contributed by atoms with E-state index in [1.54, 1.807) is 63.2 Å². The van der Waals surface area contributed by atoms with Crippen molar-refractivity contribution in [3.63, 3.8) is 0 Å². The minimum Gasteiger partial charge on any atom is -0.465 e. The molecule has 0 unspecified atom stereocenters. The van der Waals surface area contributed by atoms with Crippen molar-refractivity contribution in [3.05, 3.63) is 64.2 Å². The molecule has 1 aliphatic heterocycles. The number of hydrogen-bond donors (Lipinski definition) is 0. The number of imide groups is 1. The third-order valence-corrected chi connectivity index (χ3v) is 4.32. The molecule has 150 valence electrons. The average Bonchev–Trinajstić information content (AvgIpc) is 2.91. The summed E-state index contributed by atoms with van der Waals surface area (Å²) in [5.74, 6) is -1.05. The van der Waals surface area contributed by atoms with Gasteiger partial charge in [-0.1, -0.05) is 29.8 Å². The maximum atomic E-state index is 13.1. The zero-order valence-corrected chi connectivity index (χ0v) is 17.2. The molecule has 1 aliphatic rings. The Morgan fingerprint density at radius 3 is 2.45 bits per heavy atom. The zero-order valence-electron chi connectivity index (χ0n) is 16.5. The van der Waals surface area contributed by atoms with Gasteiger partial charge in [0, 0.05) is 10.6 Å². The van der Waals surface area contributed by atoms with Crippen LogP contribution in [0, 0.1) is 0 Å². The number of amides is 2. The SMILES string of the molecule is COC(=O)c1cc(Cl)cc(C=C2C(=O)N(C(=O)OC(C)(C)C)c3ccccc32)c1. The Hall–Kier alpha value is -3.12. The van der Waals surface area contributed by atoms with Crippen molar-refractivity contribution in [2.75, 3.05) is 12.0 Å². The first kappa shape index (κ1) is 20.6. The molecule has 6 nitrogen and oxygen atoms in total. The molecular formula is C22H20ClNO5. The lowest BCUT2D eigenvalue weighted by molar-refractivity contribution is -0.112. The fourth-order valence-electron chi connectivity index (χ4n) is 2.97. The van der Waals surface area contributed by atoms with Crippen molar-refractivity contribution < 1.29 is 23.9 Å². The van der Waals surface area contributed by atoms with Crippen molar-refractivity contribution in [1.29, 1.82) is 0 Å². The predicted molar refractivity (Wildman–Crippen MR) is 111 cm³/mol. The Bertz CT molecular complexity index is 1040. The molecule has 0 aromatic heterocycles. The molecular weight excluding hydrogens is 394 g/mol. The van der Waals surface area contributed by atoms with E-state index < -0.39 is 23.6 Å². The molecule has 2 aromatic rings. The van der Waals surface area contributed by atoms with Crippen LogP contribution in [0.15, 0.2) is 42.5 Å². The quantitative estimate of drug-likeness (QED) is 0.514. The standard InChI is InChI=1S/C22H20ClNO5/c1-22(2,3)29-21(27)24-18-8-6-5-7-16(18)17(19(24)25)11-13-9-14(20(26)28-4)12-15(23)10-13/h5-12H,1-4H3. The molecule has 0 spiro atoms. The number of para-hydroxylation sites is 1. The van der Waals surface area contributed by atoms with Crippen LogP contribution in [0.1, 0.15) is 42.3 Å². The molecule has 0 N–H and O–H groups in total. The summed E-state index contributed by atoms with van der Waals surface area (Å²) in [5.41, 5.74) is 1.36. The molecule has 0 fully saturated rings. The van der Waals surface area contributed by atoms with Crippen LogP contribution in [0.5, 0.6) is 0 Å². The van der Waals surface area contributed by atoms with Gasteiger partial charge >= 0.3 is 12.1 Å². The first-order chi connectivity index (χ1) is 13.6. The second kappa shape index (κ2) is 7.72. The summed E-state index contributed by atoms with van der Waals surface area (Å²) in [6.45, 7) is 5.19. The van der Waals surface area contributed by atoms with E-state index in [-0.39, 0.29) is 5.56 Å². The number of benzene rings is 2. The normalized spacial score (nSPS) is 14.7. The first-order valence-electron chi connectivity index (χ1n) is 8.88. The van der Waals surface area contributed by atoms with Gasteiger partial charge in [-0.2, -0.15) is 0 Å². The molecule has 1 heterocycles. The second-order valence-corrected chi connectivity index (χ2v) is 7.90. The number of halogens is 1. The van der Waals surface area contributed by atoms with E-state index in [9.17, 15) is 14.4 Å². The third kappa shape index (κ3) is 4.32. The van der Waals surface area contributed by atoms with Gasteiger partial charge in [0.2, 0.25) is 0 Å². The van der Waals surface area contributed by atoms with Crippen LogP contribution in [0.3, 0.4) is 0 Å². The molecule has 2 aromatic carbocycles. The minimum atomic E-state index is -0.750. The highest BCUT2D eigenvalue weighted by atomic mass is 35.5. The number of carbonyl (C=O) groups is 3. The summed E-state index contributed by atoms with van der Waals surface area (Å²) in [4.78, 5) is 38.6. The highest BCUT2D eigenvalue weighted by molar-refractivity contribution is 6.41. The van der Waals surface area contributed by atoms with Gasteiger partial charge in [0.25, 0.3) is 5.91 Å². The van der Waals surface area contributed by atoms with Crippen LogP contribution in [0.25, 0.3) is 11.6 Å². The lowest BCUT2D eigenvalue weighted by Crippen LogP contribution is -2.38. The number of ether oxygens (including phenoxy) is 2. The Labute approximate surface area is 173 Å². The minimum absolute atomic E-state index is 0.259. The van der Waals surface area contributed by atoms with Crippen molar-refractivity contribution in [3.8, 4) is 0 Å². The summed E-state index contributed by atoms with van der Waals surface area (Å²) < 4.78 is 10.1. The summed E-state index contributed by atoms with van der Waals surface area (Å²) in [7, 11) is 1.27. The Morgan fingerprint density at radius 1 is 1.10 bits per heavy atom. The Balaban J connectivity index is 2.07. The molecule has 0 aliphatic carbocycles. The molecule has 0 radical (unpaired) electrons. The number of nitrogens with zero attached hydrogens (tertiary/aromatic N) is 1. The molecule has 0 saturated carbocycles. The Morgan fingerprint density at radius 2 is 1.79 bits per heavy atom. The van der Waals surface area contributed by atoms with E-state index >= 15 is 0 Å². The summed E-state index contributed by atoms with van der Waals surface area (Å²) in [6.07, 6.45) is 0.837. The number of fused-ring (bicyclic) bond motifs is 1. The van der Waals surface area contributed by atoms with E-state index in [1.165, 1.54) is 13.2 Å². The van der Waals surface area contributed by atoms with Crippen LogP contribution < -0.4 is 4.90 Å². The lowest BCUT2D eigenvalue weighted by Gasteiger charge is -2.23. The summed E-state index contributed by atoms with van der Waals surface area (Å²) in [5, 5.41) is 0.322. The largest absolute Gasteiger partial charge is 0.465 e. The zero-order chi connectivity index (χ0) is 21.3. The number of esters is 1. The molecule has 0 atom stereocenters. The van der Waals surface area contributed by atoms with Gasteiger partial charge in [-0.3, -0.25) is 4.79 Å². The number of hydrogen-bond acceptors (Lipinski definition) is 5. The van der Waals surface area contributed by atoms with Crippen molar-refractivity contribution in [1.82, 2.24) is 0 Å². The van der Waals surface area contributed by atoms with Crippen molar-refractivity contribution in [2.45, 2.75) is 26.4 Å². The average molecular weight is 414 g/mol. The maximum absolute atomic E-state index is 13.1. The third-order valence-electron chi connectivity index (χ3n) is 4.10. The number of rotatable bonds is 2. The van der Waals surface area contributed by atoms with Gasteiger partial charge in [0.15, 0.2) is 0 Å². The van der Waals surface area contributed by atoms with E-state index in [2.05, 4.69) is 0 Å². The lowest BCUT2D eigenvalue weighted by atomic mass is 10.0. The molecule has 3 rings (SSSR count). The Kier molecular flexibility index (Phi) is 5.48. The van der Waals surface area contributed by atoms with Crippen LogP contribution >= 0.6 is 11.6 Å². The van der Waals surface area contributed by atoms with Gasteiger partial charge in [-0.25, -0.2) is 14.5 Å². The monoisotopic (exact) mass is 413 g/mol. The van der Waals surface area contributed by atoms with Gasteiger partial charge in [-0.15, -0.1) is 0 Å².